The van der Waals surface area contributed by atoms with E-state index in [1.54, 1.807) is 36.4 Å². The third-order valence-corrected chi connectivity index (χ3v) is 3.89. The molecule has 0 aliphatic rings. The van der Waals surface area contributed by atoms with Crippen LogP contribution < -0.4 is 4.74 Å². The van der Waals surface area contributed by atoms with Gasteiger partial charge in [0, 0.05) is 16.2 Å². The van der Waals surface area contributed by atoms with Crippen molar-refractivity contribution < 1.29 is 19.0 Å². The zero-order chi connectivity index (χ0) is 14.5. The van der Waals surface area contributed by atoms with Crippen LogP contribution in [0.4, 0.5) is 4.39 Å². The second-order valence-corrected chi connectivity index (χ2v) is 5.04. The van der Waals surface area contributed by atoms with Gasteiger partial charge in [0.1, 0.15) is 0 Å². The minimum absolute atomic E-state index is 0.189. The molecule has 3 nitrogen and oxygen atoms in total. The number of hydrogen-bond acceptors (Lipinski definition) is 3. The highest BCUT2D eigenvalue weighted by atomic mass is 32.2. The molecular formula is C15H13FO3S. The summed E-state index contributed by atoms with van der Waals surface area (Å²) < 4.78 is 18.9. The Labute approximate surface area is 120 Å². The number of carboxylic acids is 1. The first-order valence-corrected chi connectivity index (χ1v) is 6.88. The van der Waals surface area contributed by atoms with E-state index in [4.69, 9.17) is 9.84 Å². The number of rotatable bonds is 5. The topological polar surface area (TPSA) is 46.5 Å². The summed E-state index contributed by atoms with van der Waals surface area (Å²) in [7, 11) is 1.41. The summed E-state index contributed by atoms with van der Waals surface area (Å²) in [6, 6.07) is 11.6. The summed E-state index contributed by atoms with van der Waals surface area (Å²) in [4.78, 5) is 11.7. The third-order valence-electron chi connectivity index (χ3n) is 2.76. The van der Waals surface area contributed by atoms with Gasteiger partial charge in [-0.15, -0.1) is 11.8 Å². The highest BCUT2D eigenvalue weighted by Crippen LogP contribution is 2.29. The number of benzene rings is 2. The Bertz CT molecular complexity index is 628. The van der Waals surface area contributed by atoms with Crippen molar-refractivity contribution in [2.24, 2.45) is 0 Å². The van der Waals surface area contributed by atoms with Crippen LogP contribution in [0.15, 0.2) is 47.4 Å². The molecule has 0 radical (unpaired) electrons. The van der Waals surface area contributed by atoms with Crippen LogP contribution in [0.25, 0.3) is 0 Å². The van der Waals surface area contributed by atoms with E-state index in [0.717, 1.165) is 0 Å². The molecule has 20 heavy (non-hydrogen) atoms. The molecule has 0 heterocycles. The quantitative estimate of drug-likeness (QED) is 0.851. The number of carboxylic acid groups (broad SMARTS) is 1. The van der Waals surface area contributed by atoms with Gasteiger partial charge in [-0.1, -0.05) is 24.3 Å². The molecule has 0 amide bonds. The maximum atomic E-state index is 14.0. The van der Waals surface area contributed by atoms with Crippen LogP contribution in [0, 0.1) is 5.82 Å². The van der Waals surface area contributed by atoms with Crippen LogP contribution in [0.1, 0.15) is 15.9 Å². The molecule has 0 aromatic heterocycles. The van der Waals surface area contributed by atoms with Gasteiger partial charge in [0.05, 0.1) is 12.7 Å². The van der Waals surface area contributed by atoms with Crippen LogP contribution >= 0.6 is 11.8 Å². The van der Waals surface area contributed by atoms with Crippen molar-refractivity contribution in [3.8, 4) is 5.75 Å². The van der Waals surface area contributed by atoms with Crippen molar-refractivity contribution in [2.75, 3.05) is 7.11 Å². The average Bonchev–Trinajstić information content (AvgIpc) is 2.46. The Kier molecular flexibility index (Phi) is 4.63. The van der Waals surface area contributed by atoms with Gasteiger partial charge in [0.25, 0.3) is 0 Å². The van der Waals surface area contributed by atoms with Crippen molar-refractivity contribution in [3.63, 3.8) is 0 Å². The fraction of sp³-hybridized carbons (Fsp3) is 0.133. The Balaban J connectivity index is 2.19. The summed E-state index contributed by atoms with van der Waals surface area (Å²) in [6.07, 6.45) is 0. The van der Waals surface area contributed by atoms with Crippen LogP contribution in [0.5, 0.6) is 5.75 Å². The van der Waals surface area contributed by atoms with E-state index < -0.39 is 11.8 Å². The Morgan fingerprint density at radius 2 is 2.00 bits per heavy atom. The van der Waals surface area contributed by atoms with Gasteiger partial charge in [-0.3, -0.25) is 0 Å². The summed E-state index contributed by atoms with van der Waals surface area (Å²) in [6.45, 7) is 0. The second-order valence-electron chi connectivity index (χ2n) is 4.02. The Morgan fingerprint density at radius 1 is 1.25 bits per heavy atom. The monoisotopic (exact) mass is 292 g/mol. The summed E-state index contributed by atoms with van der Waals surface area (Å²) >= 11 is 1.29. The lowest BCUT2D eigenvalue weighted by Crippen LogP contribution is -1.99. The Morgan fingerprint density at radius 3 is 2.70 bits per heavy atom. The maximum absolute atomic E-state index is 14.0. The third kappa shape index (κ3) is 3.11. The fourth-order valence-electron chi connectivity index (χ4n) is 1.75. The molecular weight excluding hydrogens is 279 g/mol. The number of thioether (sulfide) groups is 1. The minimum atomic E-state index is -0.987. The number of halogens is 1. The number of aromatic carboxylic acids is 1. The van der Waals surface area contributed by atoms with Crippen molar-refractivity contribution in [1.29, 1.82) is 0 Å². The molecule has 0 atom stereocenters. The lowest BCUT2D eigenvalue weighted by molar-refractivity contribution is 0.0693. The van der Waals surface area contributed by atoms with E-state index in [1.807, 2.05) is 0 Å². The zero-order valence-corrected chi connectivity index (χ0v) is 11.6. The molecule has 5 heteroatoms. The molecule has 2 aromatic rings. The first-order valence-electron chi connectivity index (χ1n) is 5.90. The van der Waals surface area contributed by atoms with E-state index in [9.17, 15) is 9.18 Å². The minimum Gasteiger partial charge on any atom is -0.494 e. The molecule has 0 aliphatic carbocycles. The van der Waals surface area contributed by atoms with Crippen LogP contribution in [0.2, 0.25) is 0 Å². The van der Waals surface area contributed by atoms with Crippen LogP contribution in [-0.4, -0.2) is 18.2 Å². The normalized spacial score (nSPS) is 10.3. The van der Waals surface area contributed by atoms with Crippen molar-refractivity contribution in [1.82, 2.24) is 0 Å². The molecule has 0 saturated carbocycles. The summed E-state index contributed by atoms with van der Waals surface area (Å²) in [5, 5.41) is 9.09. The molecule has 0 spiro atoms. The first kappa shape index (κ1) is 14.4. The van der Waals surface area contributed by atoms with Crippen molar-refractivity contribution in [3.05, 3.63) is 59.4 Å². The molecule has 0 fully saturated rings. The predicted molar refractivity (Wildman–Crippen MR) is 75.9 cm³/mol. The molecule has 0 aliphatic heterocycles. The standard InChI is InChI=1S/C15H13FO3S/c1-19-12-7-4-5-10(14(12)16)9-20-13-8-3-2-6-11(13)15(17)18/h2-8H,9H2,1H3,(H,17,18). The smallest absolute Gasteiger partial charge is 0.336 e. The van der Waals surface area contributed by atoms with Crippen LogP contribution in [-0.2, 0) is 5.75 Å². The highest BCUT2D eigenvalue weighted by Gasteiger charge is 2.12. The number of ether oxygens (including phenoxy) is 1. The van der Waals surface area contributed by atoms with E-state index in [0.29, 0.717) is 16.2 Å². The second kappa shape index (κ2) is 6.43. The van der Waals surface area contributed by atoms with Gasteiger partial charge in [0.15, 0.2) is 11.6 Å². The average molecular weight is 292 g/mol. The predicted octanol–water partition coefficient (Wildman–Crippen LogP) is 3.82. The molecule has 0 unspecified atom stereocenters. The van der Waals surface area contributed by atoms with Gasteiger partial charge in [-0.25, -0.2) is 9.18 Å². The van der Waals surface area contributed by atoms with Gasteiger partial charge >= 0.3 is 5.97 Å². The van der Waals surface area contributed by atoms with Crippen LogP contribution in [0.3, 0.4) is 0 Å². The molecule has 2 aromatic carbocycles. The number of methoxy groups -OCH3 is 1. The van der Waals surface area contributed by atoms with Crippen molar-refractivity contribution in [2.45, 2.75) is 10.6 Å². The zero-order valence-electron chi connectivity index (χ0n) is 10.8. The van der Waals surface area contributed by atoms with E-state index in [-0.39, 0.29) is 11.3 Å². The largest absolute Gasteiger partial charge is 0.494 e. The lowest BCUT2D eigenvalue weighted by Gasteiger charge is -2.08. The molecule has 1 N–H and O–H groups in total. The van der Waals surface area contributed by atoms with E-state index in [2.05, 4.69) is 0 Å². The van der Waals surface area contributed by atoms with Gasteiger partial charge < -0.3 is 9.84 Å². The highest BCUT2D eigenvalue weighted by molar-refractivity contribution is 7.98. The number of hydrogen-bond donors (Lipinski definition) is 1. The molecule has 104 valence electrons. The molecule has 0 bridgehead atoms. The number of carbonyl (C=O) groups is 1. The summed E-state index contributed by atoms with van der Waals surface area (Å²) in [5.41, 5.74) is 0.704. The van der Waals surface area contributed by atoms with Crippen molar-refractivity contribution >= 4 is 17.7 Å². The SMILES string of the molecule is COc1cccc(CSc2ccccc2C(=O)O)c1F. The summed E-state index contributed by atoms with van der Waals surface area (Å²) in [5.74, 6) is -0.864. The lowest BCUT2D eigenvalue weighted by atomic mass is 10.2. The van der Waals surface area contributed by atoms with Gasteiger partial charge in [0.2, 0.25) is 0 Å². The fourth-order valence-corrected chi connectivity index (χ4v) is 2.77. The van der Waals surface area contributed by atoms with Gasteiger partial charge in [-0.2, -0.15) is 0 Å². The molecule has 2 rings (SSSR count). The first-order chi connectivity index (χ1) is 9.63. The Hall–Kier alpha value is -2.01. The van der Waals surface area contributed by atoms with Gasteiger partial charge in [-0.05, 0) is 18.2 Å². The maximum Gasteiger partial charge on any atom is 0.336 e. The van der Waals surface area contributed by atoms with E-state index in [1.165, 1.54) is 24.9 Å². The van der Waals surface area contributed by atoms with E-state index >= 15 is 0 Å². The molecule has 0 saturated heterocycles.